The van der Waals surface area contributed by atoms with Crippen molar-refractivity contribution in [2.75, 3.05) is 49.7 Å². The molecule has 2 saturated heterocycles. The van der Waals surface area contributed by atoms with Crippen molar-refractivity contribution in [2.24, 2.45) is 0 Å². The number of morpholine rings is 1. The number of carbonyl (C=O) groups is 3. The molecular weight excluding hydrogens is 695 g/mol. The predicted molar refractivity (Wildman–Crippen MR) is 201 cm³/mol. The summed E-state index contributed by atoms with van der Waals surface area (Å²) in [6, 6.07) is 26.1. The number of hydrogen-bond donors (Lipinski definition) is 0. The van der Waals surface area contributed by atoms with E-state index in [4.69, 9.17) is 4.74 Å². The van der Waals surface area contributed by atoms with Crippen molar-refractivity contribution in [1.82, 2.24) is 14.8 Å². The molecule has 0 aliphatic carbocycles. The van der Waals surface area contributed by atoms with Crippen LogP contribution in [0.5, 0.6) is 0 Å². The average Bonchev–Trinajstić information content (AvgIpc) is 3.19. The smallest absolute Gasteiger partial charge is 0.378 e. The van der Waals surface area contributed by atoms with Crippen LogP contribution in [0.15, 0.2) is 103 Å². The first-order chi connectivity index (χ1) is 26.0. The van der Waals surface area contributed by atoms with Gasteiger partial charge in [0.15, 0.2) is 0 Å². The van der Waals surface area contributed by atoms with E-state index in [1.54, 1.807) is 16.8 Å². The molecule has 2 aliphatic rings. The van der Waals surface area contributed by atoms with E-state index in [0.29, 0.717) is 31.7 Å². The van der Waals surface area contributed by atoms with Crippen molar-refractivity contribution < 1.29 is 32.3 Å². The third-order valence-corrected chi connectivity index (χ3v) is 9.74. The van der Waals surface area contributed by atoms with Crippen LogP contribution in [0, 0.1) is 0 Å². The fourth-order valence-corrected chi connectivity index (χ4v) is 6.74. The number of rotatable bonds is 12. The van der Waals surface area contributed by atoms with E-state index in [1.165, 1.54) is 23.1 Å². The van der Waals surface area contributed by atoms with Gasteiger partial charge in [0.2, 0.25) is 17.7 Å². The largest absolute Gasteiger partial charge is 0.433 e. The van der Waals surface area contributed by atoms with Gasteiger partial charge in [-0.2, -0.15) is 13.2 Å². The number of anilines is 2. The Hall–Kier alpha value is -5.49. The molecule has 3 heterocycles. The maximum Gasteiger partial charge on any atom is 0.433 e. The number of amides is 3. The molecule has 3 aromatic carbocycles. The fraction of sp³-hybridized carbons (Fsp3) is 0.333. The lowest BCUT2D eigenvalue weighted by atomic mass is 10.0. The summed E-state index contributed by atoms with van der Waals surface area (Å²) in [5, 5.41) is 0. The number of halogens is 3. The van der Waals surface area contributed by atoms with Crippen LogP contribution >= 0.6 is 0 Å². The lowest BCUT2D eigenvalue weighted by Gasteiger charge is -2.34. The second kappa shape index (κ2) is 17.6. The van der Waals surface area contributed by atoms with Gasteiger partial charge in [-0.25, -0.2) is 0 Å². The third kappa shape index (κ3) is 9.93. The van der Waals surface area contributed by atoms with Gasteiger partial charge in [0.25, 0.3) is 0 Å². The Bertz CT molecular complexity index is 1900. The maximum absolute atomic E-state index is 14.5. The minimum absolute atomic E-state index is 0.105. The fourth-order valence-electron chi connectivity index (χ4n) is 6.74. The van der Waals surface area contributed by atoms with Gasteiger partial charge >= 0.3 is 6.18 Å². The molecular formula is C42H44F3N5O4. The first-order valence-corrected chi connectivity index (χ1v) is 18.2. The van der Waals surface area contributed by atoms with E-state index in [2.05, 4.69) is 9.88 Å². The summed E-state index contributed by atoms with van der Waals surface area (Å²) in [5.41, 5.74) is 3.66. The number of hydrogen-bond acceptors (Lipinski definition) is 6. The minimum atomic E-state index is -4.59. The van der Waals surface area contributed by atoms with Gasteiger partial charge in [-0.3, -0.25) is 19.4 Å². The van der Waals surface area contributed by atoms with Crippen LogP contribution in [-0.2, 0) is 44.8 Å². The van der Waals surface area contributed by atoms with Crippen molar-refractivity contribution >= 4 is 35.2 Å². The first-order valence-electron chi connectivity index (χ1n) is 18.2. The molecule has 9 nitrogen and oxygen atoms in total. The van der Waals surface area contributed by atoms with Crippen molar-refractivity contribution in [2.45, 2.75) is 51.0 Å². The molecule has 0 N–H and O–H groups in total. The zero-order valence-corrected chi connectivity index (χ0v) is 30.3. The van der Waals surface area contributed by atoms with Gasteiger partial charge in [-0.1, -0.05) is 60.7 Å². The molecule has 0 saturated carbocycles. The summed E-state index contributed by atoms with van der Waals surface area (Å²) in [7, 11) is 1.70. The Morgan fingerprint density at radius 1 is 0.833 bits per heavy atom. The standard InChI is InChI=1S/C42H44F3N5O4/c1-47(29-33-12-18-36(19-13-33)49-22-6-5-9-39(49)51)41(53)37(27-31-7-3-2-4-8-31)50(30-34-10-16-35(17-11-34)48-23-25-54-26-24-48)40(52)21-15-32-14-20-38(46-28-32)42(43,44)45/h2-4,7-8,10-21,28,37H,5-6,9,22-27,29-30H2,1H3/b21-15+/t37-/m0/s1. The summed E-state index contributed by atoms with van der Waals surface area (Å²) in [6.07, 6.45) is 1.78. The lowest BCUT2D eigenvalue weighted by molar-refractivity contribution is -0.143. The van der Waals surface area contributed by atoms with E-state index >= 15 is 0 Å². The van der Waals surface area contributed by atoms with Crippen molar-refractivity contribution in [3.8, 4) is 0 Å². The number of carbonyl (C=O) groups excluding carboxylic acids is 3. The van der Waals surface area contributed by atoms with Crippen molar-refractivity contribution in [3.63, 3.8) is 0 Å². The Labute approximate surface area is 313 Å². The molecule has 54 heavy (non-hydrogen) atoms. The molecule has 6 rings (SSSR count). The molecule has 2 fully saturated rings. The molecule has 0 bridgehead atoms. The highest BCUT2D eigenvalue weighted by Crippen LogP contribution is 2.28. The lowest BCUT2D eigenvalue weighted by Crippen LogP contribution is -2.50. The number of ether oxygens (including phenoxy) is 1. The van der Waals surface area contributed by atoms with Crippen LogP contribution in [0.1, 0.15) is 47.2 Å². The van der Waals surface area contributed by atoms with Gasteiger partial charge in [0.1, 0.15) is 11.7 Å². The molecule has 1 aromatic heterocycles. The van der Waals surface area contributed by atoms with Crippen molar-refractivity contribution in [3.05, 3.63) is 131 Å². The second-order valence-corrected chi connectivity index (χ2v) is 13.6. The molecule has 3 amide bonds. The van der Waals surface area contributed by atoms with E-state index in [9.17, 15) is 27.6 Å². The highest BCUT2D eigenvalue weighted by atomic mass is 19.4. The number of aromatic nitrogens is 1. The van der Waals surface area contributed by atoms with E-state index in [0.717, 1.165) is 66.3 Å². The number of pyridine rings is 1. The number of piperidine rings is 1. The molecule has 2 aliphatic heterocycles. The Balaban J connectivity index is 1.28. The predicted octanol–water partition coefficient (Wildman–Crippen LogP) is 6.77. The molecule has 282 valence electrons. The van der Waals surface area contributed by atoms with Crippen LogP contribution in [-0.4, -0.2) is 78.4 Å². The van der Waals surface area contributed by atoms with E-state index < -0.39 is 23.8 Å². The van der Waals surface area contributed by atoms with Crippen LogP contribution in [0.2, 0.25) is 0 Å². The molecule has 0 radical (unpaired) electrons. The van der Waals surface area contributed by atoms with Crippen molar-refractivity contribution in [1.29, 1.82) is 0 Å². The van der Waals surface area contributed by atoms with Gasteiger partial charge < -0.3 is 24.3 Å². The highest BCUT2D eigenvalue weighted by Gasteiger charge is 2.33. The number of nitrogens with zero attached hydrogens (tertiary/aromatic N) is 5. The number of likely N-dealkylation sites (N-methyl/N-ethyl adjacent to an activating group) is 1. The summed E-state index contributed by atoms with van der Waals surface area (Å²) in [4.78, 5) is 51.9. The van der Waals surface area contributed by atoms with Gasteiger partial charge in [0.05, 0.1) is 13.2 Å². The van der Waals surface area contributed by atoms with Crippen LogP contribution in [0.3, 0.4) is 0 Å². The molecule has 0 spiro atoms. The number of benzene rings is 3. The molecule has 4 aromatic rings. The van der Waals surface area contributed by atoms with Gasteiger partial charge in [-0.05, 0) is 71.5 Å². The van der Waals surface area contributed by atoms with Crippen LogP contribution in [0.25, 0.3) is 6.08 Å². The zero-order valence-electron chi connectivity index (χ0n) is 30.3. The monoisotopic (exact) mass is 739 g/mol. The third-order valence-electron chi connectivity index (χ3n) is 9.74. The molecule has 0 unspecified atom stereocenters. The van der Waals surface area contributed by atoms with Gasteiger partial charge in [0, 0.05) is 76.3 Å². The second-order valence-electron chi connectivity index (χ2n) is 13.6. The highest BCUT2D eigenvalue weighted by molar-refractivity contribution is 5.96. The zero-order chi connectivity index (χ0) is 38.1. The van der Waals surface area contributed by atoms with E-state index in [-0.39, 0.29) is 31.3 Å². The van der Waals surface area contributed by atoms with E-state index in [1.807, 2.05) is 78.9 Å². The normalized spacial score (nSPS) is 15.7. The quantitative estimate of drug-likeness (QED) is 0.149. The average molecular weight is 740 g/mol. The summed E-state index contributed by atoms with van der Waals surface area (Å²) >= 11 is 0. The molecule has 12 heteroatoms. The number of alkyl halides is 3. The Morgan fingerprint density at radius 2 is 1.50 bits per heavy atom. The minimum Gasteiger partial charge on any atom is -0.378 e. The topological polar surface area (TPSA) is 86.3 Å². The first kappa shape index (κ1) is 38.2. The maximum atomic E-state index is 14.5. The SMILES string of the molecule is CN(Cc1ccc(N2CCCCC2=O)cc1)C(=O)[C@H](Cc1ccccc1)N(Cc1ccc(N2CCOCC2)cc1)C(=O)/C=C/c1ccc(C(F)(F)F)nc1. The summed E-state index contributed by atoms with van der Waals surface area (Å²) in [5.74, 6) is -0.656. The van der Waals surface area contributed by atoms with Gasteiger partial charge in [-0.15, -0.1) is 0 Å². The Kier molecular flexibility index (Phi) is 12.4. The molecule has 1 atom stereocenters. The summed E-state index contributed by atoms with van der Waals surface area (Å²) in [6.45, 7) is 3.88. The van der Waals surface area contributed by atoms with Crippen LogP contribution < -0.4 is 9.80 Å². The Morgan fingerprint density at radius 3 is 2.13 bits per heavy atom. The van der Waals surface area contributed by atoms with Crippen LogP contribution in [0.4, 0.5) is 24.5 Å². The summed E-state index contributed by atoms with van der Waals surface area (Å²) < 4.78 is 44.9.